The number of nitrogens with zero attached hydrogens (tertiary/aromatic N) is 2. The molecule has 1 saturated heterocycles. The molecule has 1 fully saturated rings. The molecule has 2 aromatic rings. The Balaban J connectivity index is 1.75. The largest absolute Gasteiger partial charge is 0.366 e. The molecule has 2 aromatic carbocycles. The quantitative estimate of drug-likeness (QED) is 0.495. The van der Waals surface area contributed by atoms with Crippen LogP contribution in [0.1, 0.15) is 69.2 Å². The molecule has 0 radical (unpaired) electrons. The monoisotopic (exact) mass is 459 g/mol. The molecular weight excluding hydrogens is 426 g/mol. The van der Waals surface area contributed by atoms with Crippen molar-refractivity contribution >= 4 is 35.3 Å². The summed E-state index contributed by atoms with van der Waals surface area (Å²) in [4.78, 5) is 42.0. The lowest BCUT2D eigenvalue weighted by molar-refractivity contribution is -0.122. The fraction of sp³-hybridized carbons (Fsp3) is 0.393. The number of imide groups is 2. The number of barbiturate groups is 1. The van der Waals surface area contributed by atoms with Gasteiger partial charge in [0.05, 0.1) is 5.69 Å². The van der Waals surface area contributed by atoms with Crippen molar-refractivity contribution < 1.29 is 14.4 Å². The van der Waals surface area contributed by atoms with Gasteiger partial charge in [-0.3, -0.25) is 14.9 Å². The Bertz CT molecular complexity index is 1190. The predicted octanol–water partition coefficient (Wildman–Crippen LogP) is 5.34. The SMILES string of the molecule is CCc1ccc(N2C(=O)NC(=O)/C(=C\c3cc4c(cc3C)N(CC)C(C)(C)C[C@@H]4C)C2=O)cc1. The number of urea groups is 1. The van der Waals surface area contributed by atoms with Crippen molar-refractivity contribution in [2.75, 3.05) is 16.3 Å². The van der Waals surface area contributed by atoms with E-state index < -0.39 is 17.8 Å². The second kappa shape index (κ2) is 8.75. The number of aryl methyl sites for hydroxylation is 2. The van der Waals surface area contributed by atoms with Gasteiger partial charge in [-0.05, 0) is 99.0 Å². The fourth-order valence-electron chi connectivity index (χ4n) is 5.33. The van der Waals surface area contributed by atoms with Crippen LogP contribution in [0.3, 0.4) is 0 Å². The Labute approximate surface area is 201 Å². The number of nitrogens with one attached hydrogen (secondary N) is 1. The van der Waals surface area contributed by atoms with Crippen molar-refractivity contribution in [2.45, 2.75) is 65.8 Å². The zero-order valence-corrected chi connectivity index (χ0v) is 20.9. The molecule has 1 N–H and O–H groups in total. The van der Waals surface area contributed by atoms with Gasteiger partial charge >= 0.3 is 6.03 Å². The molecule has 0 aliphatic carbocycles. The second-order valence-corrected chi connectivity index (χ2v) is 9.91. The van der Waals surface area contributed by atoms with E-state index in [4.69, 9.17) is 0 Å². The number of carbonyl (C=O) groups is 3. The first-order valence-corrected chi connectivity index (χ1v) is 12.0. The number of amides is 4. The van der Waals surface area contributed by atoms with Gasteiger partial charge in [0.1, 0.15) is 5.57 Å². The minimum atomic E-state index is -0.729. The van der Waals surface area contributed by atoms with Gasteiger partial charge in [0, 0.05) is 17.8 Å². The molecule has 0 aromatic heterocycles. The summed E-state index contributed by atoms with van der Waals surface area (Å²) in [5.74, 6) is -0.936. The van der Waals surface area contributed by atoms with Crippen LogP contribution in [-0.2, 0) is 16.0 Å². The van der Waals surface area contributed by atoms with Crippen molar-refractivity contribution in [3.05, 3.63) is 64.2 Å². The van der Waals surface area contributed by atoms with Crippen molar-refractivity contribution in [1.82, 2.24) is 5.32 Å². The maximum absolute atomic E-state index is 13.3. The molecule has 0 saturated carbocycles. The molecule has 1 atom stereocenters. The first-order valence-electron chi connectivity index (χ1n) is 12.0. The predicted molar refractivity (Wildman–Crippen MR) is 136 cm³/mol. The lowest BCUT2D eigenvalue weighted by Gasteiger charge is -2.47. The standard InChI is InChI=1S/C28H33N3O3/c1-7-19-9-11-21(12-10-19)31-26(33)23(25(32)29-27(31)34)15-20-14-22-18(4)16-28(5,6)30(8-2)24(22)13-17(20)3/h9-15,18H,7-8,16H2,1-6H3,(H,29,32,34)/b23-15+/t18-/m0/s1. The van der Waals surface area contributed by atoms with Crippen LogP contribution in [0.2, 0.25) is 0 Å². The smallest absolute Gasteiger partial charge is 0.335 e. The lowest BCUT2D eigenvalue weighted by Crippen LogP contribution is -2.54. The normalized spacial score (nSPS) is 21.1. The molecular formula is C28H33N3O3. The zero-order valence-electron chi connectivity index (χ0n) is 20.9. The highest BCUT2D eigenvalue weighted by atomic mass is 16.2. The van der Waals surface area contributed by atoms with E-state index >= 15 is 0 Å². The van der Waals surface area contributed by atoms with Gasteiger partial charge < -0.3 is 4.90 Å². The molecule has 4 rings (SSSR count). The van der Waals surface area contributed by atoms with Crippen LogP contribution in [0.5, 0.6) is 0 Å². The van der Waals surface area contributed by atoms with Crippen molar-refractivity contribution in [3.8, 4) is 0 Å². The van der Waals surface area contributed by atoms with Gasteiger partial charge in [0.25, 0.3) is 11.8 Å². The molecule has 4 amide bonds. The van der Waals surface area contributed by atoms with Crippen molar-refractivity contribution in [2.24, 2.45) is 0 Å². The fourth-order valence-corrected chi connectivity index (χ4v) is 5.33. The summed E-state index contributed by atoms with van der Waals surface area (Å²) >= 11 is 0. The van der Waals surface area contributed by atoms with Gasteiger partial charge in [-0.15, -0.1) is 0 Å². The molecule has 34 heavy (non-hydrogen) atoms. The number of anilines is 2. The number of benzene rings is 2. The van der Waals surface area contributed by atoms with Crippen LogP contribution < -0.4 is 15.1 Å². The maximum atomic E-state index is 13.3. The average molecular weight is 460 g/mol. The number of hydrogen-bond donors (Lipinski definition) is 1. The van der Waals surface area contributed by atoms with Gasteiger partial charge in [0.2, 0.25) is 0 Å². The highest BCUT2D eigenvalue weighted by Crippen LogP contribution is 2.44. The number of fused-ring (bicyclic) bond motifs is 1. The zero-order chi connectivity index (χ0) is 24.8. The van der Waals surface area contributed by atoms with Crippen LogP contribution in [0.4, 0.5) is 16.2 Å². The Morgan fingerprint density at radius 1 is 1.09 bits per heavy atom. The summed E-state index contributed by atoms with van der Waals surface area (Å²) < 4.78 is 0. The Morgan fingerprint density at radius 3 is 2.38 bits per heavy atom. The Kier molecular flexibility index (Phi) is 6.11. The van der Waals surface area contributed by atoms with E-state index in [1.165, 1.54) is 11.3 Å². The van der Waals surface area contributed by atoms with E-state index in [0.29, 0.717) is 11.6 Å². The van der Waals surface area contributed by atoms with E-state index in [1.54, 1.807) is 18.2 Å². The summed E-state index contributed by atoms with van der Waals surface area (Å²) in [6, 6.07) is 10.7. The molecule has 0 unspecified atom stereocenters. The first-order chi connectivity index (χ1) is 16.1. The third kappa shape index (κ3) is 4.02. The molecule has 6 heteroatoms. The van der Waals surface area contributed by atoms with E-state index in [1.807, 2.05) is 26.0 Å². The summed E-state index contributed by atoms with van der Waals surface area (Å²) in [6.45, 7) is 13.9. The Morgan fingerprint density at radius 2 is 1.76 bits per heavy atom. The third-order valence-corrected chi connectivity index (χ3v) is 7.09. The van der Waals surface area contributed by atoms with E-state index in [2.05, 4.69) is 50.0 Å². The van der Waals surface area contributed by atoms with Gasteiger partial charge in [-0.25, -0.2) is 9.69 Å². The topological polar surface area (TPSA) is 69.7 Å². The van der Waals surface area contributed by atoms with E-state index in [9.17, 15) is 14.4 Å². The average Bonchev–Trinajstić information content (AvgIpc) is 2.77. The second-order valence-electron chi connectivity index (χ2n) is 9.91. The minimum Gasteiger partial charge on any atom is -0.366 e. The third-order valence-electron chi connectivity index (χ3n) is 7.09. The maximum Gasteiger partial charge on any atom is 0.335 e. The molecule has 2 heterocycles. The van der Waals surface area contributed by atoms with Gasteiger partial charge in [-0.2, -0.15) is 0 Å². The molecule has 0 bridgehead atoms. The van der Waals surface area contributed by atoms with Crippen molar-refractivity contribution in [1.29, 1.82) is 0 Å². The number of rotatable bonds is 4. The molecule has 6 nitrogen and oxygen atoms in total. The van der Waals surface area contributed by atoms with Gasteiger partial charge in [-0.1, -0.05) is 26.0 Å². The van der Waals surface area contributed by atoms with Crippen LogP contribution in [0, 0.1) is 6.92 Å². The van der Waals surface area contributed by atoms with Crippen molar-refractivity contribution in [3.63, 3.8) is 0 Å². The minimum absolute atomic E-state index is 0.0432. The summed E-state index contributed by atoms with van der Waals surface area (Å²) in [5, 5.41) is 2.33. The van der Waals surface area contributed by atoms with Crippen LogP contribution >= 0.6 is 0 Å². The lowest BCUT2D eigenvalue weighted by atomic mass is 9.79. The van der Waals surface area contributed by atoms with Crippen LogP contribution in [-0.4, -0.2) is 29.9 Å². The summed E-state index contributed by atoms with van der Waals surface area (Å²) in [5.41, 5.74) is 5.77. The molecule has 2 aliphatic rings. The molecule has 178 valence electrons. The number of carbonyl (C=O) groups excluding carboxylic acids is 3. The molecule has 0 spiro atoms. The summed E-state index contributed by atoms with van der Waals surface area (Å²) in [7, 11) is 0. The highest BCUT2D eigenvalue weighted by Gasteiger charge is 2.38. The number of hydrogen-bond acceptors (Lipinski definition) is 4. The van der Waals surface area contributed by atoms with Crippen LogP contribution in [0.25, 0.3) is 6.08 Å². The van der Waals surface area contributed by atoms with Gasteiger partial charge in [0.15, 0.2) is 0 Å². The Hall–Kier alpha value is -3.41. The first kappa shape index (κ1) is 23.7. The van der Waals surface area contributed by atoms with E-state index in [0.717, 1.165) is 41.0 Å². The highest BCUT2D eigenvalue weighted by molar-refractivity contribution is 6.39. The van der Waals surface area contributed by atoms with E-state index in [-0.39, 0.29) is 11.1 Å². The van der Waals surface area contributed by atoms with Crippen LogP contribution in [0.15, 0.2) is 42.0 Å². The summed E-state index contributed by atoms with van der Waals surface area (Å²) in [6.07, 6.45) is 3.49. The molecule has 2 aliphatic heterocycles.